The standard InChI is InChI=1S/C33H19N5OS/c1-37-27-17-23(16-26-30(21(18-34)19-35)24-12-6-7-13-25(24)31(26)39)38(22-10-3-2-4-11-22)32(27)36-33(37)29-15-20-9-5-8-14-28(20)40-29/h2-17H,1H3/b26-16-. The smallest absolute Gasteiger partial charge is 0.194 e. The zero-order chi connectivity index (χ0) is 27.4. The molecule has 1 aliphatic rings. The van der Waals surface area contributed by atoms with Crippen molar-refractivity contribution in [2.24, 2.45) is 7.05 Å². The Bertz CT molecular complexity index is 2110. The molecule has 6 nitrogen and oxygen atoms in total. The van der Waals surface area contributed by atoms with Gasteiger partial charge in [0.2, 0.25) is 0 Å². The highest BCUT2D eigenvalue weighted by Crippen LogP contribution is 2.41. The van der Waals surface area contributed by atoms with E-state index in [-0.39, 0.29) is 11.4 Å². The van der Waals surface area contributed by atoms with Gasteiger partial charge in [0.25, 0.3) is 0 Å². The maximum absolute atomic E-state index is 13.6. The van der Waals surface area contributed by atoms with Gasteiger partial charge in [-0.2, -0.15) is 10.5 Å². The van der Waals surface area contributed by atoms with Crippen molar-refractivity contribution in [2.45, 2.75) is 0 Å². The van der Waals surface area contributed by atoms with Gasteiger partial charge in [0.15, 0.2) is 17.3 Å². The van der Waals surface area contributed by atoms with Gasteiger partial charge in [-0.3, -0.25) is 9.36 Å². The summed E-state index contributed by atoms with van der Waals surface area (Å²) in [6, 6.07) is 33.4. The van der Waals surface area contributed by atoms with Gasteiger partial charge in [-0.05, 0) is 47.4 Å². The fourth-order valence-corrected chi connectivity index (χ4v) is 6.50. The lowest BCUT2D eigenvalue weighted by Crippen LogP contribution is -2.00. The maximum Gasteiger partial charge on any atom is 0.194 e. The van der Waals surface area contributed by atoms with Gasteiger partial charge in [-0.1, -0.05) is 60.7 Å². The minimum atomic E-state index is -0.211. The average molecular weight is 534 g/mol. The predicted molar refractivity (Wildman–Crippen MR) is 158 cm³/mol. The van der Waals surface area contributed by atoms with Crippen molar-refractivity contribution in [2.75, 3.05) is 0 Å². The lowest BCUT2D eigenvalue weighted by molar-refractivity contribution is 0.104. The first-order valence-corrected chi connectivity index (χ1v) is 13.4. The molecule has 0 radical (unpaired) electrons. The van der Waals surface area contributed by atoms with Crippen LogP contribution in [0.2, 0.25) is 0 Å². The van der Waals surface area contributed by atoms with Crippen molar-refractivity contribution >= 4 is 50.0 Å². The van der Waals surface area contributed by atoms with Crippen molar-refractivity contribution in [3.8, 4) is 28.5 Å². The summed E-state index contributed by atoms with van der Waals surface area (Å²) in [5.41, 5.74) is 4.96. The number of carbonyl (C=O) groups excluding carboxylic acids is 1. The largest absolute Gasteiger partial charge is 0.325 e. The second-order valence-electron chi connectivity index (χ2n) is 9.50. The summed E-state index contributed by atoms with van der Waals surface area (Å²) in [5.74, 6) is 0.647. The second kappa shape index (κ2) is 9.06. The fourth-order valence-electron chi connectivity index (χ4n) is 5.41. The number of hydrogen-bond acceptors (Lipinski definition) is 5. The number of allylic oxidation sites excluding steroid dienone is 3. The average Bonchev–Trinajstić information content (AvgIpc) is 3.72. The van der Waals surface area contributed by atoms with Crippen molar-refractivity contribution in [1.29, 1.82) is 10.5 Å². The minimum Gasteiger partial charge on any atom is -0.325 e. The van der Waals surface area contributed by atoms with Crippen LogP contribution in [0.25, 0.3) is 49.3 Å². The number of thiophene rings is 1. The number of nitriles is 2. The molecule has 7 rings (SSSR count). The summed E-state index contributed by atoms with van der Waals surface area (Å²) in [6.07, 6.45) is 1.78. The molecule has 3 aromatic heterocycles. The molecule has 3 aromatic carbocycles. The summed E-state index contributed by atoms with van der Waals surface area (Å²) in [5, 5.41) is 20.7. The van der Waals surface area contributed by atoms with E-state index in [1.807, 2.05) is 78.4 Å². The number of benzene rings is 3. The van der Waals surface area contributed by atoms with E-state index in [1.165, 1.54) is 10.1 Å². The normalized spacial score (nSPS) is 13.6. The van der Waals surface area contributed by atoms with Crippen molar-refractivity contribution < 1.29 is 4.79 Å². The lowest BCUT2D eigenvalue weighted by atomic mass is 9.99. The summed E-state index contributed by atoms with van der Waals surface area (Å²) < 4.78 is 5.29. The Kier molecular flexibility index (Phi) is 5.35. The third-order valence-electron chi connectivity index (χ3n) is 7.26. The number of Topliss-reactive ketones (excluding diaryl/α,β-unsaturated/α-hetero) is 1. The molecule has 7 heteroatoms. The summed E-state index contributed by atoms with van der Waals surface area (Å²) >= 11 is 1.70. The van der Waals surface area contributed by atoms with Gasteiger partial charge in [0, 0.05) is 34.1 Å². The molecule has 0 fully saturated rings. The zero-order valence-electron chi connectivity index (χ0n) is 21.3. The third-order valence-corrected chi connectivity index (χ3v) is 8.37. The maximum atomic E-state index is 13.6. The molecule has 6 aromatic rings. The van der Waals surface area contributed by atoms with Crippen LogP contribution < -0.4 is 0 Å². The number of ketones is 1. The molecule has 1 aliphatic carbocycles. The van der Waals surface area contributed by atoms with Crippen molar-refractivity contribution in [3.63, 3.8) is 0 Å². The molecule has 0 saturated carbocycles. The third kappa shape index (κ3) is 3.46. The first-order chi connectivity index (χ1) is 19.6. The topological polar surface area (TPSA) is 87.4 Å². The van der Waals surface area contributed by atoms with Gasteiger partial charge >= 0.3 is 0 Å². The Labute approximate surface area is 233 Å². The number of fused-ring (bicyclic) bond motifs is 3. The number of aromatic nitrogens is 3. The predicted octanol–water partition coefficient (Wildman–Crippen LogP) is 7.33. The van der Waals surface area contributed by atoms with Crippen LogP contribution in [-0.2, 0) is 7.05 Å². The second-order valence-corrected chi connectivity index (χ2v) is 10.6. The number of aryl methyl sites for hydroxylation is 1. The zero-order valence-corrected chi connectivity index (χ0v) is 22.1. The molecule has 0 amide bonds. The van der Waals surface area contributed by atoms with Crippen LogP contribution in [0, 0.1) is 22.7 Å². The molecule has 0 bridgehead atoms. The van der Waals surface area contributed by atoms with Gasteiger partial charge in [-0.25, -0.2) is 4.98 Å². The summed E-state index contributed by atoms with van der Waals surface area (Å²) in [4.78, 5) is 19.8. The van der Waals surface area contributed by atoms with E-state index < -0.39 is 0 Å². The van der Waals surface area contributed by atoms with Crippen LogP contribution in [0.5, 0.6) is 0 Å². The van der Waals surface area contributed by atoms with Crippen LogP contribution >= 0.6 is 11.3 Å². The number of rotatable bonds is 3. The van der Waals surface area contributed by atoms with Crippen LogP contribution in [0.15, 0.2) is 102 Å². The van der Waals surface area contributed by atoms with Crippen LogP contribution in [-0.4, -0.2) is 19.9 Å². The number of carbonyl (C=O) groups is 1. The van der Waals surface area contributed by atoms with E-state index in [0.717, 1.165) is 33.2 Å². The molecular formula is C33H19N5OS. The van der Waals surface area contributed by atoms with Gasteiger partial charge in [-0.15, -0.1) is 11.3 Å². The Balaban J connectivity index is 1.48. The van der Waals surface area contributed by atoms with Crippen LogP contribution in [0.3, 0.4) is 0 Å². The molecular weight excluding hydrogens is 514 g/mol. The minimum absolute atomic E-state index is 0.0860. The van der Waals surface area contributed by atoms with Crippen molar-refractivity contribution in [3.05, 3.63) is 119 Å². The first-order valence-electron chi connectivity index (χ1n) is 12.6. The Morgan fingerprint density at radius 3 is 2.35 bits per heavy atom. The quantitative estimate of drug-likeness (QED) is 0.176. The highest BCUT2D eigenvalue weighted by molar-refractivity contribution is 7.22. The van der Waals surface area contributed by atoms with E-state index in [1.54, 1.807) is 35.6 Å². The van der Waals surface area contributed by atoms with E-state index >= 15 is 0 Å². The monoisotopic (exact) mass is 533 g/mol. The highest BCUT2D eigenvalue weighted by atomic mass is 32.1. The molecule has 188 valence electrons. The number of nitrogens with zero attached hydrogens (tertiary/aromatic N) is 5. The number of imidazole rings is 1. The number of para-hydroxylation sites is 1. The van der Waals surface area contributed by atoms with Crippen LogP contribution in [0.4, 0.5) is 0 Å². The first kappa shape index (κ1) is 23.6. The molecule has 0 spiro atoms. The molecule has 0 N–H and O–H groups in total. The fraction of sp³-hybridized carbons (Fsp3) is 0.0303. The Hall–Kier alpha value is -5.50. The molecule has 0 saturated heterocycles. The molecule has 0 atom stereocenters. The van der Waals surface area contributed by atoms with Crippen LogP contribution in [0.1, 0.15) is 21.6 Å². The highest BCUT2D eigenvalue weighted by Gasteiger charge is 2.33. The Morgan fingerprint density at radius 2 is 1.60 bits per heavy atom. The molecule has 40 heavy (non-hydrogen) atoms. The SMILES string of the molecule is Cn1c(-c2cc3ccccc3s2)nc2c1cc(/C=C1\C(=O)c3ccccc3C1=C(C#N)C#N)n2-c1ccccc1. The van der Waals surface area contributed by atoms with E-state index in [4.69, 9.17) is 4.98 Å². The summed E-state index contributed by atoms with van der Waals surface area (Å²) in [6.45, 7) is 0. The molecule has 3 heterocycles. The Morgan fingerprint density at radius 1 is 0.900 bits per heavy atom. The van der Waals surface area contributed by atoms with Crippen molar-refractivity contribution in [1.82, 2.24) is 14.1 Å². The van der Waals surface area contributed by atoms with Gasteiger partial charge in [0.1, 0.15) is 17.7 Å². The van der Waals surface area contributed by atoms with Gasteiger partial charge in [0.05, 0.1) is 16.1 Å². The van der Waals surface area contributed by atoms with E-state index in [0.29, 0.717) is 22.3 Å². The number of hydrogen-bond donors (Lipinski definition) is 0. The lowest BCUT2D eigenvalue weighted by Gasteiger charge is -2.08. The molecule has 0 aliphatic heterocycles. The summed E-state index contributed by atoms with van der Waals surface area (Å²) in [7, 11) is 1.99. The molecule has 0 unspecified atom stereocenters. The van der Waals surface area contributed by atoms with E-state index in [9.17, 15) is 15.3 Å². The van der Waals surface area contributed by atoms with Gasteiger partial charge < -0.3 is 4.57 Å². The van der Waals surface area contributed by atoms with E-state index in [2.05, 4.69) is 22.8 Å².